The van der Waals surface area contributed by atoms with Gasteiger partial charge in [0.25, 0.3) is 5.91 Å². The van der Waals surface area contributed by atoms with E-state index >= 15 is 0 Å². The van der Waals surface area contributed by atoms with E-state index in [4.69, 9.17) is 10.5 Å². The number of hydrogen-bond acceptors (Lipinski definition) is 7. The third kappa shape index (κ3) is 8.62. The minimum absolute atomic E-state index is 0. The molecule has 1 aliphatic heterocycles. The lowest BCUT2D eigenvalue weighted by molar-refractivity contribution is -0.180. The molecular weight excluding hydrogens is 488 g/mol. The number of nitrogens with one attached hydrogen (secondary N) is 1. The number of amides is 3. The fourth-order valence-electron chi connectivity index (χ4n) is 4.29. The Morgan fingerprint density at radius 1 is 1.22 bits per heavy atom. The van der Waals surface area contributed by atoms with E-state index in [2.05, 4.69) is 5.32 Å². The van der Waals surface area contributed by atoms with Crippen molar-refractivity contribution in [3.05, 3.63) is 29.8 Å². The monoisotopic (exact) mass is 528 g/mol. The summed E-state index contributed by atoms with van der Waals surface area (Å²) in [5.74, 6) is -0.649. The van der Waals surface area contributed by atoms with Crippen LogP contribution in [-0.2, 0) is 20.7 Å². The van der Waals surface area contributed by atoms with Crippen molar-refractivity contribution in [3.8, 4) is 0 Å². The van der Waals surface area contributed by atoms with E-state index in [0.29, 0.717) is 18.0 Å². The van der Waals surface area contributed by atoms with Crippen molar-refractivity contribution < 1.29 is 29.4 Å². The van der Waals surface area contributed by atoms with Crippen molar-refractivity contribution in [2.45, 2.75) is 72.1 Å². The predicted molar refractivity (Wildman–Crippen MR) is 139 cm³/mol. The molecule has 10 nitrogen and oxygen atoms in total. The summed E-state index contributed by atoms with van der Waals surface area (Å²) in [6.45, 7) is 8.77. The van der Waals surface area contributed by atoms with Crippen LogP contribution >= 0.6 is 12.4 Å². The molecule has 3 amide bonds. The molecule has 36 heavy (non-hydrogen) atoms. The summed E-state index contributed by atoms with van der Waals surface area (Å²) in [5.41, 5.74) is 6.57. The summed E-state index contributed by atoms with van der Waals surface area (Å²) in [6, 6.07) is 6.52. The summed E-state index contributed by atoms with van der Waals surface area (Å²) in [7, 11) is 1.30. The molecule has 0 spiro atoms. The highest BCUT2D eigenvalue weighted by atomic mass is 35.5. The first kappa shape index (κ1) is 31.6. The number of rotatable bonds is 8. The Balaban J connectivity index is 0.00000648. The van der Waals surface area contributed by atoms with Crippen LogP contribution in [0.15, 0.2) is 24.3 Å². The number of anilines is 1. The third-order valence-corrected chi connectivity index (χ3v) is 6.11. The van der Waals surface area contributed by atoms with Crippen LogP contribution in [0.5, 0.6) is 0 Å². The fraction of sp³-hybridized carbons (Fsp3) is 0.640. The van der Waals surface area contributed by atoms with E-state index in [1.807, 2.05) is 38.1 Å². The number of fused-ring (bicyclic) bond motifs is 1. The molecule has 2 rings (SSSR count). The molecule has 1 aromatic carbocycles. The van der Waals surface area contributed by atoms with Crippen LogP contribution in [0.1, 0.15) is 53.0 Å². The Morgan fingerprint density at radius 2 is 1.83 bits per heavy atom. The highest BCUT2D eigenvalue weighted by Gasteiger charge is 2.35. The molecule has 1 unspecified atom stereocenters. The number of alkyl carbamates (subject to hydrolysis) is 1. The Labute approximate surface area is 219 Å². The summed E-state index contributed by atoms with van der Waals surface area (Å²) in [6.07, 6.45) is -0.691. The molecule has 0 saturated heterocycles. The van der Waals surface area contributed by atoms with Gasteiger partial charge in [0.2, 0.25) is 5.91 Å². The zero-order valence-corrected chi connectivity index (χ0v) is 22.8. The van der Waals surface area contributed by atoms with Gasteiger partial charge >= 0.3 is 6.09 Å². The number of para-hydroxylation sites is 1. The van der Waals surface area contributed by atoms with Crippen molar-refractivity contribution in [2.75, 3.05) is 25.1 Å². The van der Waals surface area contributed by atoms with Gasteiger partial charge in [-0.25, -0.2) is 9.86 Å². The number of carbonyl (C=O) groups excluding carboxylic acids is 3. The Kier molecular flexibility index (Phi) is 11.2. The second-order valence-corrected chi connectivity index (χ2v) is 11.1. The maximum absolute atomic E-state index is 13.4. The van der Waals surface area contributed by atoms with Crippen LogP contribution in [0.3, 0.4) is 0 Å². The molecule has 0 radical (unpaired) electrons. The fourth-order valence-corrected chi connectivity index (χ4v) is 4.29. The normalized spacial score (nSPS) is 17.2. The van der Waals surface area contributed by atoms with E-state index in [9.17, 15) is 24.7 Å². The summed E-state index contributed by atoms with van der Waals surface area (Å²) in [5, 5.41) is 23.8. The maximum atomic E-state index is 13.4. The van der Waals surface area contributed by atoms with Crippen molar-refractivity contribution in [3.63, 3.8) is 0 Å². The van der Waals surface area contributed by atoms with Crippen molar-refractivity contribution in [1.82, 2.24) is 10.4 Å². The van der Waals surface area contributed by atoms with E-state index in [1.54, 1.807) is 25.7 Å². The minimum Gasteiger partial charge on any atom is -0.453 e. The predicted octanol–water partition coefficient (Wildman–Crippen LogP) is 2.48. The molecule has 204 valence electrons. The van der Waals surface area contributed by atoms with Gasteiger partial charge in [-0.3, -0.25) is 14.8 Å². The maximum Gasteiger partial charge on any atom is 0.407 e. The van der Waals surface area contributed by atoms with Gasteiger partial charge in [0.1, 0.15) is 0 Å². The molecule has 1 aromatic rings. The lowest BCUT2D eigenvalue weighted by atomic mass is 9.80. The zero-order valence-electron chi connectivity index (χ0n) is 22.0. The molecular formula is C25H41ClN4O6. The molecule has 0 aliphatic carbocycles. The standard InChI is InChI=1S/C25H40N4O6.ClH/c1-24(2,3)22(32)29(34)15-20(30)18(26)12-25(4,5)13-21(31)28-14-17(27-23(33)35-6)11-16-9-7-8-10-19(16)28;/h7-10,17-18,20,30,34H,11-15,26H2,1-6H3,(H,27,33);1H/t17?,18-,20-;/m0./s1. The molecule has 3 atom stereocenters. The van der Waals surface area contributed by atoms with Crippen LogP contribution < -0.4 is 16.0 Å². The van der Waals surface area contributed by atoms with E-state index < -0.39 is 35.0 Å². The van der Waals surface area contributed by atoms with Gasteiger partial charge in [0.05, 0.1) is 25.8 Å². The zero-order chi connectivity index (χ0) is 26.6. The van der Waals surface area contributed by atoms with Crippen LogP contribution in [0, 0.1) is 10.8 Å². The van der Waals surface area contributed by atoms with Gasteiger partial charge in [-0.15, -0.1) is 12.4 Å². The molecule has 0 bridgehead atoms. The van der Waals surface area contributed by atoms with Crippen LogP contribution in [0.25, 0.3) is 0 Å². The second kappa shape index (κ2) is 12.7. The van der Waals surface area contributed by atoms with Gasteiger partial charge in [-0.05, 0) is 29.9 Å². The first-order valence-electron chi connectivity index (χ1n) is 11.8. The van der Waals surface area contributed by atoms with Crippen LogP contribution in [-0.4, -0.2) is 71.7 Å². The van der Waals surface area contributed by atoms with Gasteiger partial charge in [0, 0.05) is 30.1 Å². The number of nitrogens with two attached hydrogens (primary N) is 1. The number of aliphatic hydroxyl groups is 1. The average molecular weight is 529 g/mol. The first-order chi connectivity index (χ1) is 16.1. The van der Waals surface area contributed by atoms with Crippen molar-refractivity contribution in [2.24, 2.45) is 16.6 Å². The highest BCUT2D eigenvalue weighted by Crippen LogP contribution is 2.33. The molecule has 1 aliphatic rings. The molecule has 11 heteroatoms. The Hall–Kier alpha value is -2.40. The highest BCUT2D eigenvalue weighted by molar-refractivity contribution is 5.95. The molecule has 0 saturated carbocycles. The number of halogens is 1. The van der Waals surface area contributed by atoms with E-state index in [-0.39, 0.29) is 43.7 Å². The Bertz CT molecular complexity index is 920. The average Bonchev–Trinajstić information content (AvgIpc) is 2.76. The van der Waals surface area contributed by atoms with E-state index in [1.165, 1.54) is 7.11 Å². The largest absolute Gasteiger partial charge is 0.453 e. The third-order valence-electron chi connectivity index (χ3n) is 6.11. The van der Waals surface area contributed by atoms with Crippen molar-refractivity contribution in [1.29, 1.82) is 0 Å². The topological polar surface area (TPSA) is 145 Å². The summed E-state index contributed by atoms with van der Waals surface area (Å²) in [4.78, 5) is 39.0. The molecule has 0 aromatic heterocycles. The number of methoxy groups -OCH3 is 1. The lowest BCUT2D eigenvalue weighted by Gasteiger charge is -2.37. The SMILES string of the molecule is COC(=O)NC1Cc2ccccc2N(C(=O)CC(C)(C)C[C@H](N)[C@@H](O)CN(O)C(=O)C(C)(C)C)C1.Cl. The molecule has 5 N–H and O–H groups in total. The smallest absolute Gasteiger partial charge is 0.407 e. The minimum atomic E-state index is -1.16. The second-order valence-electron chi connectivity index (χ2n) is 11.1. The quantitative estimate of drug-likeness (QED) is 0.299. The number of hydrogen-bond donors (Lipinski definition) is 4. The number of nitrogens with zero attached hydrogens (tertiary/aromatic N) is 2. The summed E-state index contributed by atoms with van der Waals surface area (Å²) < 4.78 is 4.71. The number of carbonyl (C=O) groups is 3. The summed E-state index contributed by atoms with van der Waals surface area (Å²) >= 11 is 0. The molecule has 0 fully saturated rings. The van der Waals surface area contributed by atoms with Crippen LogP contribution in [0.4, 0.5) is 10.5 Å². The van der Waals surface area contributed by atoms with Gasteiger partial charge in [0.15, 0.2) is 0 Å². The van der Waals surface area contributed by atoms with Gasteiger partial charge in [-0.2, -0.15) is 0 Å². The number of hydroxylamine groups is 2. The number of aliphatic hydroxyl groups excluding tert-OH is 1. The van der Waals surface area contributed by atoms with Gasteiger partial charge in [-0.1, -0.05) is 52.8 Å². The van der Waals surface area contributed by atoms with Crippen LogP contribution in [0.2, 0.25) is 0 Å². The van der Waals surface area contributed by atoms with Crippen molar-refractivity contribution >= 4 is 36.0 Å². The molecule has 1 heterocycles. The van der Waals surface area contributed by atoms with E-state index in [0.717, 1.165) is 11.3 Å². The lowest BCUT2D eigenvalue weighted by Crippen LogP contribution is -2.51. The Morgan fingerprint density at radius 3 is 2.42 bits per heavy atom. The van der Waals surface area contributed by atoms with Gasteiger partial charge < -0.3 is 25.8 Å². The number of ether oxygens (including phenoxy) is 1. The number of benzene rings is 1. The first-order valence-corrected chi connectivity index (χ1v) is 11.8.